The van der Waals surface area contributed by atoms with Gasteiger partial charge in [-0.25, -0.2) is 13.8 Å². The van der Waals surface area contributed by atoms with Crippen molar-refractivity contribution < 1.29 is 22.0 Å². The van der Waals surface area contributed by atoms with Crippen LogP contribution in [-0.2, 0) is 6.18 Å². The van der Waals surface area contributed by atoms with Crippen molar-refractivity contribution in [3.8, 4) is 17.2 Å². The maximum atomic E-state index is 16.5. The second-order valence-electron chi connectivity index (χ2n) is 10.0. The van der Waals surface area contributed by atoms with Crippen LogP contribution in [0.1, 0.15) is 24.0 Å². The van der Waals surface area contributed by atoms with Crippen molar-refractivity contribution in [3.05, 3.63) is 41.0 Å². The van der Waals surface area contributed by atoms with Crippen LogP contribution in [0.25, 0.3) is 32.1 Å². The molecule has 2 aliphatic rings. The molecule has 2 bridgehead atoms. The molecule has 2 unspecified atom stereocenters. The molecular weight excluding hydrogens is 537 g/mol. The average Bonchev–Trinajstić information content (AvgIpc) is 3.41. The van der Waals surface area contributed by atoms with E-state index in [2.05, 4.69) is 15.3 Å². The Kier molecular flexibility index (Phi) is 5.82. The summed E-state index contributed by atoms with van der Waals surface area (Å²) in [6, 6.07) is 5.01. The standard InChI is InChI=1S/C26H22F5N7S/c1-37(2)25-35-21-14(24(36-25)38-9-11-3-4-12(10-38)34-11)7-16(26(29,30)31)19(20(21)28)13-5-6-17(27)22-18(13)15(8-32)23(33)39-22/h5-7,11-12,34H,3-4,9-10,33H2,1-2H3. The number of nitrogens with one attached hydrogen (secondary N) is 1. The quantitative estimate of drug-likeness (QED) is 0.331. The zero-order valence-corrected chi connectivity index (χ0v) is 21.6. The van der Waals surface area contributed by atoms with E-state index in [1.807, 2.05) is 11.0 Å². The van der Waals surface area contributed by atoms with Gasteiger partial charge in [-0.2, -0.15) is 23.4 Å². The van der Waals surface area contributed by atoms with Crippen molar-refractivity contribution in [2.45, 2.75) is 31.1 Å². The Bertz CT molecular complexity index is 1680. The van der Waals surface area contributed by atoms with E-state index in [4.69, 9.17) is 5.73 Å². The number of alkyl halides is 3. The third-order valence-corrected chi connectivity index (χ3v) is 8.35. The number of nitriles is 1. The Balaban J connectivity index is 1.71. The molecule has 2 saturated heterocycles. The monoisotopic (exact) mass is 559 g/mol. The fraction of sp³-hybridized carbons (Fsp3) is 0.346. The first-order valence-electron chi connectivity index (χ1n) is 12.2. The molecule has 2 aliphatic heterocycles. The van der Waals surface area contributed by atoms with Crippen LogP contribution in [0, 0.1) is 23.0 Å². The van der Waals surface area contributed by atoms with Gasteiger partial charge >= 0.3 is 6.18 Å². The molecule has 3 N–H and O–H groups in total. The van der Waals surface area contributed by atoms with Crippen LogP contribution in [0.15, 0.2) is 18.2 Å². The molecule has 4 aromatic rings. The van der Waals surface area contributed by atoms with Crippen molar-refractivity contribution in [1.82, 2.24) is 15.3 Å². The number of anilines is 3. The number of nitrogens with two attached hydrogens (primary N) is 1. The van der Waals surface area contributed by atoms with Gasteiger partial charge in [0.1, 0.15) is 28.2 Å². The molecule has 2 aromatic carbocycles. The topological polar surface area (TPSA) is 94.1 Å². The second-order valence-corrected chi connectivity index (χ2v) is 11.1. The number of piperazine rings is 1. The highest BCUT2D eigenvalue weighted by atomic mass is 32.1. The lowest BCUT2D eigenvalue weighted by Crippen LogP contribution is -2.51. The van der Waals surface area contributed by atoms with Gasteiger partial charge in [0, 0.05) is 55.6 Å². The zero-order valence-electron chi connectivity index (χ0n) is 20.8. The van der Waals surface area contributed by atoms with Gasteiger partial charge in [-0.15, -0.1) is 11.3 Å². The third kappa shape index (κ3) is 4.01. The normalized spacial score (nSPS) is 19.2. The number of aromatic nitrogens is 2. The van der Waals surface area contributed by atoms with Crippen molar-refractivity contribution >= 4 is 49.1 Å². The largest absolute Gasteiger partial charge is 0.417 e. The SMILES string of the molecule is CN(C)c1nc(N2CC3CCC(C2)N3)c2cc(C(F)(F)F)c(-c3ccc(F)c4sc(N)c(C#N)c34)c(F)c2n1. The summed E-state index contributed by atoms with van der Waals surface area (Å²) in [7, 11) is 3.32. The van der Waals surface area contributed by atoms with Crippen LogP contribution in [0.4, 0.5) is 38.7 Å². The van der Waals surface area contributed by atoms with Crippen LogP contribution in [0.3, 0.4) is 0 Å². The van der Waals surface area contributed by atoms with Gasteiger partial charge in [0.25, 0.3) is 0 Å². The number of fused-ring (bicyclic) bond motifs is 4. The van der Waals surface area contributed by atoms with E-state index in [9.17, 15) is 22.8 Å². The minimum atomic E-state index is -4.99. The van der Waals surface area contributed by atoms with Crippen molar-refractivity contribution in [3.63, 3.8) is 0 Å². The first-order chi connectivity index (χ1) is 18.5. The smallest absolute Gasteiger partial charge is 0.389 e. The number of hydrogen-bond donors (Lipinski definition) is 2. The van der Waals surface area contributed by atoms with Crippen molar-refractivity contribution in [1.29, 1.82) is 5.26 Å². The van der Waals surface area contributed by atoms with E-state index in [0.29, 0.717) is 13.1 Å². The number of halogens is 5. The molecule has 0 radical (unpaired) electrons. The molecule has 2 atom stereocenters. The molecule has 4 heterocycles. The molecule has 0 aliphatic carbocycles. The molecule has 7 nitrogen and oxygen atoms in total. The first-order valence-corrected chi connectivity index (χ1v) is 13.0. The number of thiophene rings is 1. The van der Waals surface area contributed by atoms with Crippen LogP contribution in [-0.4, -0.2) is 49.2 Å². The summed E-state index contributed by atoms with van der Waals surface area (Å²) in [5, 5.41) is 12.8. The highest BCUT2D eigenvalue weighted by Gasteiger charge is 2.39. The lowest BCUT2D eigenvalue weighted by atomic mass is 9.92. The summed E-state index contributed by atoms with van der Waals surface area (Å²) in [6.07, 6.45) is -3.12. The van der Waals surface area contributed by atoms with Crippen LogP contribution < -0.4 is 20.9 Å². The van der Waals surface area contributed by atoms with Crippen LogP contribution >= 0.6 is 11.3 Å². The molecule has 202 valence electrons. The fourth-order valence-corrected chi connectivity index (χ4v) is 6.56. The van der Waals surface area contributed by atoms with Crippen molar-refractivity contribution in [2.24, 2.45) is 0 Å². The predicted octanol–water partition coefficient (Wildman–Crippen LogP) is 5.27. The van der Waals surface area contributed by atoms with Crippen molar-refractivity contribution in [2.75, 3.05) is 42.7 Å². The zero-order chi connectivity index (χ0) is 27.8. The maximum Gasteiger partial charge on any atom is 0.417 e. The summed E-state index contributed by atoms with van der Waals surface area (Å²) < 4.78 is 74.9. The molecule has 39 heavy (non-hydrogen) atoms. The number of nitrogen functional groups attached to an aromatic ring is 1. The molecule has 2 fully saturated rings. The number of rotatable bonds is 3. The Hall–Kier alpha value is -3.76. The van der Waals surface area contributed by atoms with Crippen LogP contribution in [0.2, 0.25) is 0 Å². The first kappa shape index (κ1) is 25.5. The van der Waals surface area contributed by atoms with Gasteiger partial charge in [-0.3, -0.25) is 0 Å². The van der Waals surface area contributed by atoms with Gasteiger partial charge in [-0.05, 0) is 30.5 Å². The third-order valence-electron chi connectivity index (χ3n) is 7.32. The molecule has 2 aromatic heterocycles. The minimum absolute atomic E-state index is 0.0681. The predicted molar refractivity (Wildman–Crippen MR) is 141 cm³/mol. The highest BCUT2D eigenvalue weighted by molar-refractivity contribution is 7.23. The second kappa shape index (κ2) is 8.89. The van der Waals surface area contributed by atoms with E-state index in [0.717, 1.165) is 42.4 Å². The van der Waals surface area contributed by atoms with E-state index >= 15 is 4.39 Å². The Morgan fingerprint density at radius 1 is 1.15 bits per heavy atom. The van der Waals surface area contributed by atoms with E-state index in [1.54, 1.807) is 19.0 Å². The Morgan fingerprint density at radius 3 is 2.46 bits per heavy atom. The number of benzene rings is 2. The highest BCUT2D eigenvalue weighted by Crippen LogP contribution is 2.48. The average molecular weight is 560 g/mol. The molecule has 0 spiro atoms. The minimum Gasteiger partial charge on any atom is -0.389 e. The van der Waals surface area contributed by atoms with Gasteiger partial charge in [0.2, 0.25) is 5.95 Å². The van der Waals surface area contributed by atoms with E-state index in [-0.39, 0.29) is 61.0 Å². The summed E-state index contributed by atoms with van der Waals surface area (Å²) in [4.78, 5) is 12.3. The van der Waals surface area contributed by atoms with Gasteiger partial charge in [0.15, 0.2) is 5.82 Å². The molecule has 0 saturated carbocycles. The number of nitrogens with zero attached hydrogens (tertiary/aromatic N) is 5. The van der Waals surface area contributed by atoms with Gasteiger partial charge < -0.3 is 20.9 Å². The Morgan fingerprint density at radius 2 is 1.85 bits per heavy atom. The van der Waals surface area contributed by atoms with E-state index < -0.39 is 28.9 Å². The van der Waals surface area contributed by atoms with Gasteiger partial charge in [-0.1, -0.05) is 6.07 Å². The van der Waals surface area contributed by atoms with E-state index in [1.165, 1.54) is 0 Å². The maximum absolute atomic E-state index is 16.5. The molecule has 6 rings (SSSR count). The summed E-state index contributed by atoms with van der Waals surface area (Å²) in [5.74, 6) is -1.64. The van der Waals surface area contributed by atoms with Crippen LogP contribution in [0.5, 0.6) is 0 Å². The molecule has 13 heteroatoms. The Labute approximate surface area is 223 Å². The summed E-state index contributed by atoms with van der Waals surface area (Å²) in [5.41, 5.74) is 3.03. The lowest BCUT2D eigenvalue weighted by molar-refractivity contribution is -0.137. The summed E-state index contributed by atoms with van der Waals surface area (Å²) >= 11 is 0.727. The summed E-state index contributed by atoms with van der Waals surface area (Å²) in [6.45, 7) is 1.02. The fourth-order valence-electron chi connectivity index (χ4n) is 5.61. The number of hydrogen-bond acceptors (Lipinski definition) is 8. The lowest BCUT2D eigenvalue weighted by Gasteiger charge is -2.34. The van der Waals surface area contributed by atoms with Gasteiger partial charge in [0.05, 0.1) is 15.8 Å². The molecule has 0 amide bonds. The molecular formula is C26H22F5N7S.